The minimum absolute atomic E-state index is 0.0431. The van der Waals surface area contributed by atoms with Crippen LogP contribution in [0.4, 0.5) is 0 Å². The monoisotopic (exact) mass is 841 g/mol. The molecule has 15 heteroatoms. The Bertz CT molecular complexity index is 2200. The third-order valence-electron chi connectivity index (χ3n) is 9.88. The number of rotatable bonds is 24. The van der Waals surface area contributed by atoms with Crippen LogP contribution in [0.15, 0.2) is 89.8 Å². The Hall–Kier alpha value is -5.80. The van der Waals surface area contributed by atoms with E-state index in [2.05, 4.69) is 10.3 Å². The first-order valence-corrected chi connectivity index (χ1v) is 21.7. The van der Waals surface area contributed by atoms with Gasteiger partial charge in [-0.1, -0.05) is 48.5 Å². The third-order valence-corrected chi connectivity index (χ3v) is 11.8. The first kappa shape index (κ1) is 45.3. The average molecular weight is 842 g/mol. The van der Waals surface area contributed by atoms with Gasteiger partial charge in [0.05, 0.1) is 46.0 Å². The van der Waals surface area contributed by atoms with Crippen LogP contribution in [0.2, 0.25) is 0 Å². The molecule has 0 aliphatic carbocycles. The molecule has 0 saturated carbocycles. The van der Waals surface area contributed by atoms with Gasteiger partial charge in [0.1, 0.15) is 17.2 Å². The molecule has 0 saturated heterocycles. The van der Waals surface area contributed by atoms with Crippen molar-refractivity contribution in [1.82, 2.24) is 24.5 Å². The summed E-state index contributed by atoms with van der Waals surface area (Å²) in [4.78, 5) is 26.0. The lowest BCUT2D eigenvalue weighted by atomic mass is 9.96. The van der Waals surface area contributed by atoms with Crippen molar-refractivity contribution >= 4 is 22.0 Å². The summed E-state index contributed by atoms with van der Waals surface area (Å²) >= 11 is 0. The normalized spacial score (nSPS) is 11.4. The van der Waals surface area contributed by atoms with E-state index in [0.29, 0.717) is 79.1 Å². The number of nitrogens with zero attached hydrogens (tertiary/aromatic N) is 5. The minimum atomic E-state index is -4.36. The van der Waals surface area contributed by atoms with E-state index in [1.165, 1.54) is 9.10 Å². The van der Waals surface area contributed by atoms with Crippen molar-refractivity contribution in [1.29, 1.82) is 0 Å². The van der Waals surface area contributed by atoms with Crippen molar-refractivity contribution in [2.75, 3.05) is 34.5 Å². The predicted molar refractivity (Wildman–Crippen MR) is 226 cm³/mol. The molecule has 0 aliphatic rings. The Labute approximate surface area is 352 Å². The van der Waals surface area contributed by atoms with Crippen LogP contribution in [0.25, 0.3) is 11.4 Å². The number of ether oxygens (including phenoxy) is 5. The Morgan fingerprint density at radius 2 is 1.07 bits per heavy atom. The second kappa shape index (κ2) is 22.5. The van der Waals surface area contributed by atoms with Gasteiger partial charge in [-0.05, 0) is 122 Å². The summed E-state index contributed by atoms with van der Waals surface area (Å²) in [6.45, 7) is 4.49. The number of aryl methyl sites for hydroxylation is 2. The lowest BCUT2D eigenvalue weighted by Gasteiger charge is -2.26. The molecule has 0 aliphatic heterocycles. The molecule has 0 N–H and O–H groups in total. The van der Waals surface area contributed by atoms with Crippen LogP contribution in [-0.2, 0) is 61.6 Å². The number of carbonyl (C=O) groups is 2. The molecule has 0 amide bonds. The van der Waals surface area contributed by atoms with Crippen molar-refractivity contribution in [2.45, 2.75) is 89.7 Å². The van der Waals surface area contributed by atoms with Crippen molar-refractivity contribution in [3.8, 4) is 28.6 Å². The molecule has 0 atom stereocenters. The topological polar surface area (TPSA) is 161 Å². The average Bonchev–Trinajstić information content (AvgIpc) is 3.72. The van der Waals surface area contributed by atoms with Gasteiger partial charge in [-0.15, -0.1) is 10.2 Å². The van der Waals surface area contributed by atoms with Crippen molar-refractivity contribution in [3.63, 3.8) is 0 Å². The van der Waals surface area contributed by atoms with E-state index in [1.54, 1.807) is 59.4 Å². The fraction of sp³-hybridized carbons (Fsp3) is 0.400. The number of aromatic nitrogens is 4. The maximum Gasteiger partial charge on any atom is 0.305 e. The molecule has 4 aromatic carbocycles. The van der Waals surface area contributed by atoms with Crippen LogP contribution in [0.3, 0.4) is 0 Å². The van der Waals surface area contributed by atoms with E-state index in [9.17, 15) is 9.59 Å². The summed E-state index contributed by atoms with van der Waals surface area (Å²) in [6.07, 6.45) is 3.37. The van der Waals surface area contributed by atoms with Crippen LogP contribution in [0, 0.1) is 0 Å². The van der Waals surface area contributed by atoms with E-state index in [-0.39, 0.29) is 61.7 Å². The van der Waals surface area contributed by atoms with Crippen LogP contribution in [0.1, 0.15) is 80.2 Å². The zero-order valence-corrected chi connectivity index (χ0v) is 35.9. The largest absolute Gasteiger partial charge is 0.497 e. The number of unbranched alkanes of at least 4 members (excludes halogenated alkanes) is 2. The summed E-state index contributed by atoms with van der Waals surface area (Å²) in [7, 11) is 0.403. The predicted octanol–water partition coefficient (Wildman–Crippen LogP) is 7.36. The van der Waals surface area contributed by atoms with Gasteiger partial charge in [-0.25, -0.2) is 8.42 Å². The van der Waals surface area contributed by atoms with Crippen LogP contribution < -0.4 is 14.2 Å². The van der Waals surface area contributed by atoms with E-state index in [4.69, 9.17) is 28.8 Å². The van der Waals surface area contributed by atoms with E-state index < -0.39 is 10.0 Å². The molecule has 1 aromatic heterocycles. The Morgan fingerprint density at radius 1 is 0.617 bits per heavy atom. The number of carbonyl (C=O) groups excluding carboxylic acids is 2. The van der Waals surface area contributed by atoms with Crippen LogP contribution in [0.5, 0.6) is 17.2 Å². The molecule has 14 nitrogen and oxygen atoms in total. The van der Waals surface area contributed by atoms with Gasteiger partial charge in [-0.3, -0.25) is 9.59 Å². The lowest BCUT2D eigenvalue weighted by molar-refractivity contribution is -0.144. The Balaban J connectivity index is 1.64. The zero-order valence-electron chi connectivity index (χ0n) is 35.1. The minimum Gasteiger partial charge on any atom is -0.497 e. The summed E-state index contributed by atoms with van der Waals surface area (Å²) < 4.78 is 59.2. The van der Waals surface area contributed by atoms with Gasteiger partial charge in [0.2, 0.25) is 15.8 Å². The number of hydrogen-bond acceptors (Lipinski definition) is 12. The van der Waals surface area contributed by atoms with Crippen LogP contribution in [-0.4, -0.2) is 79.4 Å². The number of hydrogen-bond donors (Lipinski definition) is 0. The summed E-state index contributed by atoms with van der Waals surface area (Å²) in [5, 5.41) is 13.7. The number of sulfonamides is 1. The fourth-order valence-electron chi connectivity index (χ4n) is 6.78. The molecule has 5 rings (SSSR count). The third kappa shape index (κ3) is 12.6. The van der Waals surface area contributed by atoms with Gasteiger partial charge in [0.15, 0.2) is 0 Å². The highest BCUT2D eigenvalue weighted by atomic mass is 32.2. The maximum absolute atomic E-state index is 15.7. The smallest absolute Gasteiger partial charge is 0.305 e. The van der Waals surface area contributed by atoms with Gasteiger partial charge in [0.25, 0.3) is 0 Å². The first-order valence-electron chi connectivity index (χ1n) is 20.2. The van der Waals surface area contributed by atoms with Gasteiger partial charge >= 0.3 is 11.9 Å². The van der Waals surface area contributed by atoms with Crippen molar-refractivity contribution in [2.24, 2.45) is 0 Å². The molecule has 0 bridgehead atoms. The number of tetrazole rings is 1. The van der Waals surface area contributed by atoms with Crippen molar-refractivity contribution in [3.05, 3.63) is 113 Å². The molecule has 5 aromatic rings. The van der Waals surface area contributed by atoms with E-state index in [1.807, 2.05) is 60.7 Å². The highest BCUT2D eigenvalue weighted by Crippen LogP contribution is 2.37. The quantitative estimate of drug-likeness (QED) is 0.0449. The number of methoxy groups -OCH3 is 3. The Morgan fingerprint density at radius 3 is 1.53 bits per heavy atom. The fourth-order valence-corrected chi connectivity index (χ4v) is 8.65. The van der Waals surface area contributed by atoms with Gasteiger partial charge < -0.3 is 23.7 Å². The molecule has 320 valence electrons. The SMILES string of the molecule is CCOC(=O)CCCCc1ccc(CCCCC(=O)OCC)c(S(=O)(=O)N(Cc2ccc(OC)cc2)Cc2ccc(OC)cc2)c1-c1nnn(Cc2ccc(OC)cc2)n1. The van der Waals surface area contributed by atoms with Gasteiger partial charge in [-0.2, -0.15) is 9.10 Å². The highest BCUT2D eigenvalue weighted by Gasteiger charge is 2.33. The maximum atomic E-state index is 15.7. The lowest BCUT2D eigenvalue weighted by Crippen LogP contribution is -2.32. The first-order chi connectivity index (χ1) is 29.1. The molecule has 0 spiro atoms. The molecule has 0 unspecified atom stereocenters. The molecule has 0 fully saturated rings. The summed E-state index contributed by atoms with van der Waals surface area (Å²) in [5.41, 5.74) is 4.01. The standard InChI is InChI=1S/C45H55N5O9S/c1-6-58-41(51)14-10-8-12-36-22-23-37(13-9-11-15-42(52)59-7-2)44(43(36)45-46-48-50(47-45)32-35-20-28-40(57-5)29-21-35)60(53,54)49(30-33-16-24-38(55-3)25-17-33)31-34-18-26-39(56-4)27-19-34/h16-29H,6-15,30-32H2,1-5H3. The van der Waals surface area contributed by atoms with Gasteiger partial charge in [0, 0.05) is 31.5 Å². The second-order valence-electron chi connectivity index (χ2n) is 14.1. The van der Waals surface area contributed by atoms with Crippen LogP contribution >= 0.6 is 0 Å². The van der Waals surface area contributed by atoms with Crippen molar-refractivity contribution < 1.29 is 41.7 Å². The van der Waals surface area contributed by atoms with E-state index in [0.717, 1.165) is 16.7 Å². The van der Waals surface area contributed by atoms with E-state index >= 15 is 8.42 Å². The number of benzene rings is 4. The Kier molecular flexibility index (Phi) is 17.0. The molecular weight excluding hydrogens is 787 g/mol. The summed E-state index contributed by atoms with van der Waals surface area (Å²) in [6, 6.07) is 25.9. The molecule has 60 heavy (non-hydrogen) atoms. The second-order valence-corrected chi connectivity index (χ2v) is 15.9. The summed E-state index contributed by atoms with van der Waals surface area (Å²) in [5.74, 6) is 1.58. The number of esters is 2. The highest BCUT2D eigenvalue weighted by molar-refractivity contribution is 7.89. The molecule has 0 radical (unpaired) electrons. The molecular formula is C45H55N5O9S. The molecule has 1 heterocycles. The zero-order chi connectivity index (χ0) is 42.9.